The molecule has 1 fully saturated rings. The summed E-state index contributed by atoms with van der Waals surface area (Å²) >= 11 is 0. The summed E-state index contributed by atoms with van der Waals surface area (Å²) < 4.78 is 10.9. The zero-order valence-corrected chi connectivity index (χ0v) is 22.9. The van der Waals surface area contributed by atoms with Gasteiger partial charge in [-0.25, -0.2) is 4.79 Å². The molecule has 1 aliphatic rings. The molecule has 1 aliphatic heterocycles. The number of carbonyl (C=O) groups excluding carboxylic acids is 2. The molecule has 2 heterocycles. The van der Waals surface area contributed by atoms with Crippen LogP contribution in [-0.4, -0.2) is 48.2 Å². The standard InChI is InChI=1S/C31H39N3O4/c1-23-13-15-25(16-14-23)34(29(35)28-12-8-22-37-28)26-17-20-33(21-18-26)19-7-10-24-9-5-6-11-27(24)32-30(36)38-31(2,3)4/h5-6,8-9,11-16,22,26H,7,10,17-21H2,1-4H3,(H,32,36). The number of ether oxygens (including phenoxy) is 1. The first-order chi connectivity index (χ1) is 18.2. The second-order valence-corrected chi connectivity index (χ2v) is 10.9. The van der Waals surface area contributed by atoms with Crippen LogP contribution in [0.15, 0.2) is 71.3 Å². The maximum Gasteiger partial charge on any atom is 0.412 e. The van der Waals surface area contributed by atoms with Crippen molar-refractivity contribution in [2.24, 2.45) is 0 Å². The number of hydrogen-bond donors (Lipinski definition) is 1. The van der Waals surface area contributed by atoms with Gasteiger partial charge in [0.25, 0.3) is 5.91 Å². The van der Waals surface area contributed by atoms with Gasteiger partial charge in [0.2, 0.25) is 0 Å². The molecule has 7 nitrogen and oxygen atoms in total. The largest absolute Gasteiger partial charge is 0.459 e. The first-order valence-corrected chi connectivity index (χ1v) is 13.4. The second-order valence-electron chi connectivity index (χ2n) is 10.9. The Morgan fingerprint density at radius 3 is 2.39 bits per heavy atom. The van der Waals surface area contributed by atoms with Crippen molar-refractivity contribution < 1.29 is 18.7 Å². The van der Waals surface area contributed by atoms with Crippen LogP contribution in [-0.2, 0) is 11.2 Å². The average Bonchev–Trinajstić information content (AvgIpc) is 3.41. The molecule has 1 aromatic heterocycles. The summed E-state index contributed by atoms with van der Waals surface area (Å²) in [6.45, 7) is 10.4. The third-order valence-electron chi connectivity index (χ3n) is 6.76. The van der Waals surface area contributed by atoms with Gasteiger partial charge in [0.1, 0.15) is 5.60 Å². The van der Waals surface area contributed by atoms with Gasteiger partial charge in [-0.3, -0.25) is 10.1 Å². The quantitative estimate of drug-likeness (QED) is 0.361. The number of amides is 2. The van der Waals surface area contributed by atoms with Crippen LogP contribution in [0.4, 0.5) is 16.2 Å². The summed E-state index contributed by atoms with van der Waals surface area (Å²) in [6.07, 6.45) is 4.75. The number of piperidine rings is 1. The van der Waals surface area contributed by atoms with Crippen LogP contribution in [0.25, 0.3) is 0 Å². The predicted molar refractivity (Wildman–Crippen MR) is 151 cm³/mol. The van der Waals surface area contributed by atoms with Crippen molar-refractivity contribution in [2.45, 2.75) is 65.0 Å². The summed E-state index contributed by atoms with van der Waals surface area (Å²) in [5, 5.41) is 2.89. The molecule has 0 unspecified atom stereocenters. The second kappa shape index (κ2) is 12.3. The van der Waals surface area contributed by atoms with Crippen molar-refractivity contribution in [2.75, 3.05) is 29.9 Å². The van der Waals surface area contributed by atoms with E-state index in [0.717, 1.165) is 67.8 Å². The Morgan fingerprint density at radius 2 is 1.74 bits per heavy atom. The fraction of sp³-hybridized carbons (Fsp3) is 0.419. The van der Waals surface area contributed by atoms with E-state index >= 15 is 0 Å². The molecule has 3 aromatic rings. The molecular formula is C31H39N3O4. The minimum absolute atomic E-state index is 0.0913. The van der Waals surface area contributed by atoms with Crippen molar-refractivity contribution in [3.63, 3.8) is 0 Å². The number of aryl methyl sites for hydroxylation is 2. The highest BCUT2D eigenvalue weighted by atomic mass is 16.6. The van der Waals surface area contributed by atoms with Gasteiger partial charge >= 0.3 is 6.09 Å². The Morgan fingerprint density at radius 1 is 1.03 bits per heavy atom. The van der Waals surface area contributed by atoms with Crippen LogP contribution in [0.2, 0.25) is 0 Å². The SMILES string of the molecule is Cc1ccc(N(C(=O)c2ccco2)C2CCN(CCCc3ccccc3NC(=O)OC(C)(C)C)CC2)cc1. The molecule has 202 valence electrons. The highest BCUT2D eigenvalue weighted by Gasteiger charge is 2.31. The van der Waals surface area contributed by atoms with Crippen LogP contribution in [0.5, 0.6) is 0 Å². The lowest BCUT2D eigenvalue weighted by molar-refractivity contribution is 0.0635. The van der Waals surface area contributed by atoms with Crippen molar-refractivity contribution in [1.29, 1.82) is 0 Å². The van der Waals surface area contributed by atoms with Gasteiger partial charge in [0.05, 0.1) is 6.26 Å². The molecule has 38 heavy (non-hydrogen) atoms. The fourth-order valence-electron chi connectivity index (χ4n) is 4.89. The van der Waals surface area contributed by atoms with E-state index < -0.39 is 11.7 Å². The Balaban J connectivity index is 1.32. The van der Waals surface area contributed by atoms with Gasteiger partial charge < -0.3 is 19.0 Å². The number of rotatable bonds is 8. The first-order valence-electron chi connectivity index (χ1n) is 13.4. The topological polar surface area (TPSA) is 75.0 Å². The van der Waals surface area contributed by atoms with Gasteiger partial charge in [-0.2, -0.15) is 0 Å². The molecular weight excluding hydrogens is 478 g/mol. The van der Waals surface area contributed by atoms with Gasteiger partial charge in [-0.05, 0) is 95.8 Å². The maximum atomic E-state index is 13.4. The highest BCUT2D eigenvalue weighted by molar-refractivity contribution is 6.04. The molecule has 2 amide bonds. The Kier molecular flexibility index (Phi) is 8.89. The highest BCUT2D eigenvalue weighted by Crippen LogP contribution is 2.27. The van der Waals surface area contributed by atoms with Gasteiger partial charge in [0.15, 0.2) is 5.76 Å². The van der Waals surface area contributed by atoms with E-state index in [2.05, 4.69) is 16.3 Å². The normalized spacial score (nSPS) is 14.7. The molecule has 1 saturated heterocycles. The summed E-state index contributed by atoms with van der Waals surface area (Å²) in [5.41, 5.74) is 3.43. The van der Waals surface area contributed by atoms with Crippen molar-refractivity contribution in [1.82, 2.24) is 4.90 Å². The zero-order chi connectivity index (χ0) is 27.1. The molecule has 0 saturated carbocycles. The Bertz CT molecular complexity index is 1190. The smallest absolute Gasteiger partial charge is 0.412 e. The molecule has 0 radical (unpaired) electrons. The molecule has 0 atom stereocenters. The van der Waals surface area contributed by atoms with E-state index in [1.54, 1.807) is 18.4 Å². The lowest BCUT2D eigenvalue weighted by Gasteiger charge is -2.38. The third kappa shape index (κ3) is 7.48. The minimum Gasteiger partial charge on any atom is -0.459 e. The minimum atomic E-state index is -0.539. The third-order valence-corrected chi connectivity index (χ3v) is 6.76. The van der Waals surface area contributed by atoms with Crippen LogP contribution in [0.1, 0.15) is 61.7 Å². The van der Waals surface area contributed by atoms with Crippen LogP contribution >= 0.6 is 0 Å². The molecule has 1 N–H and O–H groups in total. The Hall–Kier alpha value is -3.58. The lowest BCUT2D eigenvalue weighted by Crippen LogP contribution is -2.47. The van der Waals surface area contributed by atoms with E-state index in [9.17, 15) is 9.59 Å². The number of nitrogens with zero attached hydrogens (tertiary/aromatic N) is 2. The van der Waals surface area contributed by atoms with Crippen LogP contribution in [0.3, 0.4) is 0 Å². The van der Waals surface area contributed by atoms with E-state index in [0.29, 0.717) is 5.76 Å². The van der Waals surface area contributed by atoms with Gasteiger partial charge in [0, 0.05) is 30.5 Å². The summed E-state index contributed by atoms with van der Waals surface area (Å²) in [7, 11) is 0. The van der Waals surface area contributed by atoms with Crippen molar-refractivity contribution in [3.8, 4) is 0 Å². The molecule has 7 heteroatoms. The lowest BCUT2D eigenvalue weighted by atomic mass is 10.0. The number of furan rings is 1. The van der Waals surface area contributed by atoms with Crippen LogP contribution in [0, 0.1) is 6.92 Å². The zero-order valence-electron chi connectivity index (χ0n) is 22.9. The number of hydrogen-bond acceptors (Lipinski definition) is 5. The molecule has 0 bridgehead atoms. The predicted octanol–water partition coefficient (Wildman–Crippen LogP) is 6.68. The monoisotopic (exact) mass is 517 g/mol. The number of carbonyl (C=O) groups is 2. The van der Waals surface area contributed by atoms with Gasteiger partial charge in [-0.15, -0.1) is 0 Å². The fourth-order valence-corrected chi connectivity index (χ4v) is 4.89. The van der Waals surface area contributed by atoms with Crippen molar-refractivity contribution in [3.05, 3.63) is 83.8 Å². The molecule has 0 spiro atoms. The number of anilines is 2. The Labute approximate surface area is 225 Å². The number of benzene rings is 2. The summed E-state index contributed by atoms with van der Waals surface area (Å²) in [4.78, 5) is 30.0. The van der Waals surface area contributed by atoms with E-state index in [1.165, 1.54) is 0 Å². The molecule has 0 aliphatic carbocycles. The molecule has 4 rings (SSSR count). The van der Waals surface area contributed by atoms with E-state index in [1.807, 2.05) is 75.1 Å². The van der Waals surface area contributed by atoms with Gasteiger partial charge in [-0.1, -0.05) is 35.9 Å². The number of likely N-dealkylation sites (tertiary alicyclic amines) is 1. The maximum absolute atomic E-state index is 13.4. The number of nitrogens with one attached hydrogen (secondary N) is 1. The average molecular weight is 518 g/mol. The van der Waals surface area contributed by atoms with E-state index in [4.69, 9.17) is 9.15 Å². The van der Waals surface area contributed by atoms with Crippen molar-refractivity contribution >= 4 is 23.4 Å². The number of para-hydroxylation sites is 1. The van der Waals surface area contributed by atoms with Crippen LogP contribution < -0.4 is 10.2 Å². The first kappa shape index (κ1) is 27.5. The molecule has 2 aromatic carbocycles. The summed E-state index contributed by atoms with van der Waals surface area (Å²) in [6, 6.07) is 19.6. The van der Waals surface area contributed by atoms with E-state index in [-0.39, 0.29) is 11.9 Å². The summed E-state index contributed by atoms with van der Waals surface area (Å²) in [5.74, 6) is 0.276.